The number of thiophene rings is 2. The van der Waals surface area contributed by atoms with Crippen molar-refractivity contribution in [1.29, 1.82) is 0 Å². The van der Waals surface area contributed by atoms with Gasteiger partial charge in [-0.1, -0.05) is 152 Å². The van der Waals surface area contributed by atoms with Crippen molar-refractivity contribution in [2.75, 3.05) is 0 Å². The molecule has 0 atom stereocenters. The molecule has 0 saturated heterocycles. The molecule has 0 saturated carbocycles. The first-order valence-electron chi connectivity index (χ1n) is 17.1. The van der Waals surface area contributed by atoms with Crippen LogP contribution in [0.15, 0.2) is 170 Å². The highest BCUT2D eigenvalue weighted by atomic mass is 32.1. The average molecular weight is 669 g/mol. The summed E-state index contributed by atoms with van der Waals surface area (Å²) in [6, 6.07) is 62.9. The molecule has 0 fully saturated rings. The van der Waals surface area contributed by atoms with Gasteiger partial charge in [0.05, 0.1) is 0 Å². The third-order valence-corrected chi connectivity index (χ3v) is 12.8. The molecule has 0 aliphatic rings. The van der Waals surface area contributed by atoms with E-state index in [0.29, 0.717) is 0 Å². The first kappa shape index (κ1) is 28.1. The van der Waals surface area contributed by atoms with E-state index in [1.807, 2.05) is 22.7 Å². The van der Waals surface area contributed by atoms with E-state index in [1.165, 1.54) is 106 Å². The summed E-state index contributed by atoms with van der Waals surface area (Å²) < 4.78 is 5.39. The van der Waals surface area contributed by atoms with Crippen LogP contribution in [0.5, 0.6) is 0 Å². The van der Waals surface area contributed by atoms with Gasteiger partial charge in [0.2, 0.25) is 0 Å². The highest BCUT2D eigenvalue weighted by Gasteiger charge is 2.22. The van der Waals surface area contributed by atoms with E-state index >= 15 is 0 Å². The molecule has 232 valence electrons. The molecular formula is C48H28S2. The maximum absolute atomic E-state index is 2.47. The van der Waals surface area contributed by atoms with Crippen molar-refractivity contribution < 1.29 is 0 Å². The summed E-state index contributed by atoms with van der Waals surface area (Å²) in [6.07, 6.45) is 0. The summed E-state index contributed by atoms with van der Waals surface area (Å²) in [4.78, 5) is 0. The predicted octanol–water partition coefficient (Wildman–Crippen LogP) is 14.9. The van der Waals surface area contributed by atoms with Gasteiger partial charge in [-0.3, -0.25) is 0 Å². The van der Waals surface area contributed by atoms with Gasteiger partial charge < -0.3 is 0 Å². The van der Waals surface area contributed by atoms with Crippen molar-refractivity contribution >= 4 is 95.3 Å². The fourth-order valence-electron chi connectivity index (χ4n) is 8.39. The second-order valence-corrected chi connectivity index (χ2v) is 15.2. The lowest BCUT2D eigenvalue weighted by Crippen LogP contribution is -1.92. The van der Waals surface area contributed by atoms with Gasteiger partial charge in [0.15, 0.2) is 0 Å². The van der Waals surface area contributed by atoms with Crippen LogP contribution in [0.1, 0.15) is 0 Å². The highest BCUT2D eigenvalue weighted by Crippen LogP contribution is 2.51. The van der Waals surface area contributed by atoms with Gasteiger partial charge in [-0.15, -0.1) is 22.7 Å². The molecule has 0 unspecified atom stereocenters. The minimum atomic E-state index is 1.25. The summed E-state index contributed by atoms with van der Waals surface area (Å²) in [7, 11) is 0. The van der Waals surface area contributed by atoms with Crippen molar-refractivity contribution in [3.8, 4) is 33.4 Å². The van der Waals surface area contributed by atoms with Crippen molar-refractivity contribution in [2.24, 2.45) is 0 Å². The molecule has 0 amide bonds. The van der Waals surface area contributed by atoms with E-state index in [9.17, 15) is 0 Å². The monoisotopic (exact) mass is 668 g/mol. The summed E-state index contributed by atoms with van der Waals surface area (Å²) in [5.41, 5.74) is 7.71. The van der Waals surface area contributed by atoms with Crippen LogP contribution < -0.4 is 0 Å². The van der Waals surface area contributed by atoms with Crippen molar-refractivity contribution in [3.05, 3.63) is 170 Å². The Bertz CT molecular complexity index is 3080. The smallest absolute Gasteiger partial charge is 0.0441 e. The van der Waals surface area contributed by atoms with E-state index in [1.54, 1.807) is 0 Å². The number of benzene rings is 9. The number of hydrogen-bond acceptors (Lipinski definition) is 2. The van der Waals surface area contributed by atoms with Crippen molar-refractivity contribution in [3.63, 3.8) is 0 Å². The summed E-state index contributed by atoms with van der Waals surface area (Å²) in [5.74, 6) is 0. The first-order valence-corrected chi connectivity index (χ1v) is 18.7. The van der Waals surface area contributed by atoms with Crippen LogP contribution in [-0.2, 0) is 0 Å². The van der Waals surface area contributed by atoms with Crippen molar-refractivity contribution in [2.45, 2.75) is 0 Å². The Balaban J connectivity index is 1.25. The Morgan fingerprint density at radius 2 is 0.740 bits per heavy atom. The Morgan fingerprint density at radius 3 is 1.38 bits per heavy atom. The lowest BCUT2D eigenvalue weighted by Gasteiger charge is -2.20. The Kier molecular flexibility index (Phi) is 6.09. The number of fused-ring (bicyclic) bond motifs is 10. The van der Waals surface area contributed by atoms with Gasteiger partial charge in [0.1, 0.15) is 0 Å². The molecule has 11 rings (SSSR count). The standard InChI is InChI=1S/C48H28S2/c1-2-14-29(15-3-1)44-33-18-6-8-20-35(33)45(36-21-9-7-19-34(36)44)37-27-26-32(30-16-4-5-17-31(30)37)40-28-43-46(38-22-10-12-24-41(38)49-43)47-39-23-11-13-25-42(39)50-48(40)47/h1-28H. The summed E-state index contributed by atoms with van der Waals surface area (Å²) in [6.45, 7) is 0. The third kappa shape index (κ3) is 3.98. The van der Waals surface area contributed by atoms with Crippen LogP contribution in [0.3, 0.4) is 0 Å². The molecule has 0 radical (unpaired) electrons. The Morgan fingerprint density at radius 1 is 0.280 bits per heavy atom. The second-order valence-electron chi connectivity index (χ2n) is 13.1. The lowest BCUT2D eigenvalue weighted by molar-refractivity contribution is 1.66. The van der Waals surface area contributed by atoms with E-state index in [0.717, 1.165) is 0 Å². The largest absolute Gasteiger partial charge is 0.135 e. The molecule has 0 N–H and O–H groups in total. The molecule has 2 heterocycles. The van der Waals surface area contributed by atoms with Crippen molar-refractivity contribution in [1.82, 2.24) is 0 Å². The lowest BCUT2D eigenvalue weighted by atomic mass is 9.83. The van der Waals surface area contributed by atoms with E-state index in [2.05, 4.69) is 170 Å². The SMILES string of the molecule is c1ccc(-c2c3ccccc3c(-c3ccc(-c4cc5sc6ccccc6c5c5c4sc4ccccc45)c4ccccc34)c3ccccc23)cc1. The molecule has 0 nitrogen and oxygen atoms in total. The van der Waals surface area contributed by atoms with Gasteiger partial charge in [0.25, 0.3) is 0 Å². The molecular weight excluding hydrogens is 641 g/mol. The molecule has 2 heteroatoms. The quantitative estimate of drug-likeness (QED) is 0.164. The maximum Gasteiger partial charge on any atom is 0.0441 e. The van der Waals surface area contributed by atoms with Crippen LogP contribution in [-0.4, -0.2) is 0 Å². The normalized spacial score (nSPS) is 12.0. The van der Waals surface area contributed by atoms with E-state index < -0.39 is 0 Å². The molecule has 2 aromatic heterocycles. The minimum Gasteiger partial charge on any atom is -0.135 e. The third-order valence-electron chi connectivity index (χ3n) is 10.5. The highest BCUT2D eigenvalue weighted by molar-refractivity contribution is 7.28. The Hall–Kier alpha value is -5.80. The van der Waals surface area contributed by atoms with Crippen LogP contribution in [0.2, 0.25) is 0 Å². The molecule has 11 aromatic rings. The predicted molar refractivity (Wildman–Crippen MR) is 221 cm³/mol. The zero-order valence-electron chi connectivity index (χ0n) is 27.0. The van der Waals surface area contributed by atoms with Crippen LogP contribution in [0.4, 0.5) is 0 Å². The number of hydrogen-bond donors (Lipinski definition) is 0. The van der Waals surface area contributed by atoms with Crippen LogP contribution in [0, 0.1) is 0 Å². The van der Waals surface area contributed by atoms with Gasteiger partial charge in [-0.25, -0.2) is 0 Å². The topological polar surface area (TPSA) is 0 Å². The average Bonchev–Trinajstić information content (AvgIpc) is 3.75. The fraction of sp³-hybridized carbons (Fsp3) is 0. The zero-order chi connectivity index (χ0) is 32.8. The number of rotatable bonds is 3. The van der Waals surface area contributed by atoms with Gasteiger partial charge >= 0.3 is 0 Å². The maximum atomic E-state index is 2.47. The minimum absolute atomic E-state index is 1.25. The van der Waals surface area contributed by atoms with E-state index in [4.69, 9.17) is 0 Å². The molecule has 0 spiro atoms. The van der Waals surface area contributed by atoms with Gasteiger partial charge in [-0.05, 0) is 78.3 Å². The molecule has 9 aromatic carbocycles. The summed E-state index contributed by atoms with van der Waals surface area (Å²) in [5, 5.41) is 13.2. The van der Waals surface area contributed by atoms with Crippen LogP contribution >= 0.6 is 22.7 Å². The Labute approximate surface area is 297 Å². The second kappa shape index (κ2) is 10.9. The molecule has 0 aliphatic carbocycles. The van der Waals surface area contributed by atoms with Gasteiger partial charge in [0, 0.05) is 45.9 Å². The van der Waals surface area contributed by atoms with Crippen LogP contribution in [0.25, 0.3) is 106 Å². The van der Waals surface area contributed by atoms with Gasteiger partial charge in [-0.2, -0.15) is 0 Å². The summed E-state index contributed by atoms with van der Waals surface area (Å²) >= 11 is 3.84. The fourth-order valence-corrected chi connectivity index (χ4v) is 10.8. The molecule has 0 bridgehead atoms. The van der Waals surface area contributed by atoms with E-state index in [-0.39, 0.29) is 0 Å². The first-order chi connectivity index (χ1) is 24.8. The zero-order valence-corrected chi connectivity index (χ0v) is 28.6. The molecule has 50 heavy (non-hydrogen) atoms. The molecule has 0 aliphatic heterocycles.